The Kier molecular flexibility index (Phi) is 5.99. The Morgan fingerprint density at radius 2 is 1.52 bits per heavy atom. The third kappa shape index (κ3) is 5.04. The number of benzene rings is 2. The first-order valence-corrected chi connectivity index (χ1v) is 11.7. The lowest BCUT2D eigenvalue weighted by molar-refractivity contribution is -0.127. The second-order valence-corrected chi connectivity index (χ2v) is 9.74. The maximum atomic E-state index is 12.9. The van der Waals surface area contributed by atoms with Crippen LogP contribution in [0.15, 0.2) is 60.7 Å². The van der Waals surface area contributed by atoms with E-state index in [0.717, 1.165) is 24.0 Å². The summed E-state index contributed by atoms with van der Waals surface area (Å²) >= 11 is 0. The topological polar surface area (TPSA) is 69.7 Å². The van der Waals surface area contributed by atoms with Gasteiger partial charge in [0.2, 0.25) is 15.9 Å². The van der Waals surface area contributed by atoms with Crippen molar-refractivity contribution in [3.63, 3.8) is 0 Å². The second kappa shape index (κ2) is 8.65. The van der Waals surface area contributed by atoms with E-state index in [-0.39, 0.29) is 17.7 Å². The molecule has 154 valence electrons. The maximum absolute atomic E-state index is 12.9. The van der Waals surface area contributed by atoms with E-state index in [1.54, 1.807) is 4.31 Å². The van der Waals surface area contributed by atoms with Crippen LogP contribution in [0.2, 0.25) is 0 Å². The molecule has 2 aliphatic rings. The molecule has 29 heavy (non-hydrogen) atoms. The number of piperazine rings is 1. The van der Waals surface area contributed by atoms with Crippen LogP contribution in [0.4, 0.5) is 0 Å². The van der Waals surface area contributed by atoms with Gasteiger partial charge in [-0.15, -0.1) is 0 Å². The van der Waals surface area contributed by atoms with Gasteiger partial charge >= 0.3 is 0 Å². The molecule has 4 rings (SSSR count). The van der Waals surface area contributed by atoms with Crippen LogP contribution in [0.25, 0.3) is 0 Å². The molecule has 1 saturated heterocycles. The molecule has 1 aliphatic carbocycles. The molecular formula is C22H27N3O3S. The highest BCUT2D eigenvalue weighted by molar-refractivity contribution is 7.88. The first kappa shape index (κ1) is 20.1. The first-order chi connectivity index (χ1) is 14.0. The zero-order valence-electron chi connectivity index (χ0n) is 16.4. The Morgan fingerprint density at radius 3 is 2.10 bits per heavy atom. The summed E-state index contributed by atoms with van der Waals surface area (Å²) in [5.74, 6) is 0.0253. The SMILES string of the molecule is O=C(NC1CC1)C(c1ccccc1)N1CCN(S(=O)(=O)Cc2ccccc2)CC1. The van der Waals surface area contributed by atoms with Crippen LogP contribution in [0.5, 0.6) is 0 Å². The smallest absolute Gasteiger partial charge is 0.242 e. The van der Waals surface area contributed by atoms with Crippen LogP contribution >= 0.6 is 0 Å². The van der Waals surface area contributed by atoms with Crippen LogP contribution in [-0.2, 0) is 20.6 Å². The summed E-state index contributed by atoms with van der Waals surface area (Å²) in [5, 5.41) is 3.11. The van der Waals surface area contributed by atoms with Gasteiger partial charge in [-0.1, -0.05) is 60.7 Å². The van der Waals surface area contributed by atoms with Gasteiger partial charge in [-0.05, 0) is 24.0 Å². The van der Waals surface area contributed by atoms with E-state index in [0.29, 0.717) is 32.2 Å². The normalized spacial score (nSPS) is 19.6. The van der Waals surface area contributed by atoms with E-state index in [1.165, 1.54) is 0 Å². The molecule has 2 fully saturated rings. The summed E-state index contributed by atoms with van der Waals surface area (Å²) in [6.07, 6.45) is 2.08. The molecule has 0 spiro atoms. The molecule has 1 atom stereocenters. The molecule has 2 aromatic rings. The van der Waals surface area contributed by atoms with E-state index in [4.69, 9.17) is 0 Å². The zero-order chi connectivity index (χ0) is 20.3. The van der Waals surface area contributed by atoms with Crippen molar-refractivity contribution in [2.24, 2.45) is 0 Å². The van der Waals surface area contributed by atoms with Gasteiger partial charge < -0.3 is 5.32 Å². The molecule has 1 heterocycles. The number of nitrogens with one attached hydrogen (secondary N) is 1. The number of rotatable bonds is 7. The predicted octanol–water partition coefficient (Wildman–Crippen LogP) is 2.15. The van der Waals surface area contributed by atoms with Gasteiger partial charge in [-0.2, -0.15) is 4.31 Å². The minimum atomic E-state index is -3.37. The monoisotopic (exact) mass is 413 g/mol. The molecule has 1 aliphatic heterocycles. The summed E-state index contributed by atoms with van der Waals surface area (Å²) in [7, 11) is -3.37. The van der Waals surface area contributed by atoms with Crippen LogP contribution in [-0.4, -0.2) is 55.8 Å². The third-order valence-electron chi connectivity index (χ3n) is 5.51. The van der Waals surface area contributed by atoms with Crippen molar-refractivity contribution in [2.45, 2.75) is 30.7 Å². The molecule has 2 aromatic carbocycles. The average Bonchev–Trinajstić information content (AvgIpc) is 3.54. The molecular weight excluding hydrogens is 386 g/mol. The van der Waals surface area contributed by atoms with E-state index in [2.05, 4.69) is 10.2 Å². The van der Waals surface area contributed by atoms with E-state index in [9.17, 15) is 13.2 Å². The fourth-order valence-corrected chi connectivity index (χ4v) is 5.30. The zero-order valence-corrected chi connectivity index (χ0v) is 17.2. The molecule has 7 heteroatoms. The summed E-state index contributed by atoms with van der Waals surface area (Å²) < 4.78 is 27.2. The second-order valence-electron chi connectivity index (χ2n) is 7.77. The average molecular weight is 414 g/mol. The number of hydrogen-bond acceptors (Lipinski definition) is 4. The Labute approximate surface area is 172 Å². The van der Waals surface area contributed by atoms with Gasteiger partial charge in [-0.25, -0.2) is 8.42 Å². The Hall–Kier alpha value is -2.22. The number of amides is 1. The highest BCUT2D eigenvalue weighted by Crippen LogP contribution is 2.26. The van der Waals surface area contributed by atoms with Crippen molar-refractivity contribution in [1.82, 2.24) is 14.5 Å². The van der Waals surface area contributed by atoms with Crippen molar-refractivity contribution in [3.05, 3.63) is 71.8 Å². The van der Waals surface area contributed by atoms with Crippen molar-refractivity contribution >= 4 is 15.9 Å². The third-order valence-corrected chi connectivity index (χ3v) is 7.36. The molecule has 0 aromatic heterocycles. The number of hydrogen-bond donors (Lipinski definition) is 1. The predicted molar refractivity (Wildman–Crippen MR) is 113 cm³/mol. The van der Waals surface area contributed by atoms with Crippen molar-refractivity contribution < 1.29 is 13.2 Å². The fraction of sp³-hybridized carbons (Fsp3) is 0.409. The molecule has 1 amide bonds. The van der Waals surface area contributed by atoms with E-state index >= 15 is 0 Å². The van der Waals surface area contributed by atoms with Gasteiger partial charge in [0, 0.05) is 32.2 Å². The minimum absolute atomic E-state index is 0.0120. The van der Waals surface area contributed by atoms with Crippen LogP contribution in [0.3, 0.4) is 0 Å². The standard InChI is InChI=1S/C22H27N3O3S/c26-22(23-20-11-12-20)21(19-9-5-2-6-10-19)24-13-15-25(16-14-24)29(27,28)17-18-7-3-1-4-8-18/h1-10,20-21H,11-17H2,(H,23,26). The summed E-state index contributed by atoms with van der Waals surface area (Å²) in [4.78, 5) is 15.0. The Balaban J connectivity index is 1.44. The molecule has 0 bridgehead atoms. The maximum Gasteiger partial charge on any atom is 0.242 e. The van der Waals surface area contributed by atoms with Crippen LogP contribution in [0, 0.1) is 0 Å². The lowest BCUT2D eigenvalue weighted by Gasteiger charge is -2.38. The molecule has 0 radical (unpaired) electrons. The van der Waals surface area contributed by atoms with E-state index in [1.807, 2.05) is 60.7 Å². The van der Waals surface area contributed by atoms with E-state index < -0.39 is 10.0 Å². The highest BCUT2D eigenvalue weighted by atomic mass is 32.2. The van der Waals surface area contributed by atoms with Crippen molar-refractivity contribution in [2.75, 3.05) is 26.2 Å². The number of sulfonamides is 1. The molecule has 6 nitrogen and oxygen atoms in total. The lowest BCUT2D eigenvalue weighted by atomic mass is 10.0. The fourth-order valence-electron chi connectivity index (χ4n) is 3.79. The van der Waals surface area contributed by atoms with Gasteiger partial charge in [-0.3, -0.25) is 9.69 Å². The summed E-state index contributed by atoms with van der Waals surface area (Å²) in [6, 6.07) is 18.9. The number of carbonyl (C=O) groups excluding carboxylic acids is 1. The van der Waals surface area contributed by atoms with Crippen molar-refractivity contribution in [3.8, 4) is 0 Å². The number of nitrogens with zero attached hydrogens (tertiary/aromatic N) is 2. The van der Waals surface area contributed by atoms with Crippen molar-refractivity contribution in [1.29, 1.82) is 0 Å². The number of carbonyl (C=O) groups is 1. The Morgan fingerprint density at radius 1 is 0.931 bits per heavy atom. The van der Waals surface area contributed by atoms with Crippen LogP contribution in [0.1, 0.15) is 30.0 Å². The molecule has 1 unspecified atom stereocenters. The van der Waals surface area contributed by atoms with Crippen LogP contribution < -0.4 is 5.32 Å². The minimum Gasteiger partial charge on any atom is -0.352 e. The largest absolute Gasteiger partial charge is 0.352 e. The highest BCUT2D eigenvalue weighted by Gasteiger charge is 2.35. The van der Waals surface area contributed by atoms with Gasteiger partial charge in [0.25, 0.3) is 0 Å². The first-order valence-electron chi connectivity index (χ1n) is 10.1. The van der Waals surface area contributed by atoms with Gasteiger partial charge in [0.05, 0.1) is 5.75 Å². The van der Waals surface area contributed by atoms with Gasteiger partial charge in [0.1, 0.15) is 6.04 Å². The molecule has 1 N–H and O–H groups in total. The summed E-state index contributed by atoms with van der Waals surface area (Å²) in [6.45, 7) is 1.86. The molecule has 1 saturated carbocycles. The Bertz CT molecular complexity index is 922. The summed E-state index contributed by atoms with van der Waals surface area (Å²) in [5.41, 5.74) is 1.74. The quantitative estimate of drug-likeness (QED) is 0.755. The lowest BCUT2D eigenvalue weighted by Crippen LogP contribution is -2.52. The van der Waals surface area contributed by atoms with Gasteiger partial charge in [0.15, 0.2) is 0 Å².